The standard InChI is InChI=1S/C13H16N2O4/c1-3-19-13(18)10-6-14-11-9(7-16)5-4-8(2)15(11)12(10)17/h6-9H,3-5H2,1-2H3. The largest absolute Gasteiger partial charge is 0.462 e. The number of aromatic nitrogens is 2. The van der Waals surface area contributed by atoms with E-state index in [4.69, 9.17) is 4.74 Å². The fraction of sp³-hybridized carbons (Fsp3) is 0.538. The molecule has 1 aromatic rings. The van der Waals surface area contributed by atoms with Gasteiger partial charge in [0.1, 0.15) is 17.7 Å². The Kier molecular flexibility index (Phi) is 3.78. The van der Waals surface area contributed by atoms with Crippen LogP contribution in [0.1, 0.15) is 54.8 Å². The predicted octanol–water partition coefficient (Wildman–Crippen LogP) is 1.06. The number of esters is 1. The van der Waals surface area contributed by atoms with E-state index in [-0.39, 0.29) is 24.1 Å². The molecule has 102 valence electrons. The number of fused-ring (bicyclic) bond motifs is 1. The van der Waals surface area contributed by atoms with Crippen molar-refractivity contribution >= 4 is 12.3 Å². The third-order valence-corrected chi connectivity index (χ3v) is 3.35. The minimum absolute atomic E-state index is 0.0689. The molecule has 0 aromatic carbocycles. The Morgan fingerprint density at radius 1 is 1.58 bits per heavy atom. The molecule has 0 saturated heterocycles. The van der Waals surface area contributed by atoms with Crippen LogP contribution in [-0.4, -0.2) is 28.4 Å². The molecule has 2 heterocycles. The number of aldehydes is 1. The maximum atomic E-state index is 12.3. The number of rotatable bonds is 3. The van der Waals surface area contributed by atoms with Crippen molar-refractivity contribution in [3.63, 3.8) is 0 Å². The van der Waals surface area contributed by atoms with Crippen LogP contribution < -0.4 is 5.56 Å². The second-order valence-electron chi connectivity index (χ2n) is 4.59. The summed E-state index contributed by atoms with van der Waals surface area (Å²) in [4.78, 5) is 39.1. The Hall–Kier alpha value is -1.98. The second kappa shape index (κ2) is 5.34. The Morgan fingerprint density at radius 2 is 2.32 bits per heavy atom. The van der Waals surface area contributed by atoms with Crippen molar-refractivity contribution in [2.45, 2.75) is 38.6 Å². The molecule has 0 saturated carbocycles. The zero-order chi connectivity index (χ0) is 14.0. The molecule has 0 N–H and O–H groups in total. The van der Waals surface area contributed by atoms with Crippen LogP contribution in [0.15, 0.2) is 11.0 Å². The van der Waals surface area contributed by atoms with Crippen molar-refractivity contribution in [3.05, 3.63) is 27.9 Å². The fourth-order valence-electron chi connectivity index (χ4n) is 2.34. The fourth-order valence-corrected chi connectivity index (χ4v) is 2.34. The summed E-state index contributed by atoms with van der Waals surface area (Å²) >= 11 is 0. The van der Waals surface area contributed by atoms with Gasteiger partial charge in [-0.05, 0) is 26.7 Å². The zero-order valence-corrected chi connectivity index (χ0v) is 11.0. The van der Waals surface area contributed by atoms with Gasteiger partial charge in [0, 0.05) is 12.2 Å². The SMILES string of the molecule is CCOC(=O)c1cnc2n(c1=O)C(C)CCC2C=O. The third kappa shape index (κ3) is 2.30. The molecule has 1 aromatic heterocycles. The highest BCUT2D eigenvalue weighted by Crippen LogP contribution is 2.28. The molecule has 0 bridgehead atoms. The second-order valence-corrected chi connectivity index (χ2v) is 4.59. The van der Waals surface area contributed by atoms with Gasteiger partial charge in [0.25, 0.3) is 5.56 Å². The van der Waals surface area contributed by atoms with Crippen LogP contribution in [0.4, 0.5) is 0 Å². The van der Waals surface area contributed by atoms with Crippen LogP contribution in [0.3, 0.4) is 0 Å². The van der Waals surface area contributed by atoms with Crippen LogP contribution in [0.5, 0.6) is 0 Å². The van der Waals surface area contributed by atoms with E-state index in [1.807, 2.05) is 6.92 Å². The van der Waals surface area contributed by atoms with E-state index < -0.39 is 11.5 Å². The van der Waals surface area contributed by atoms with Gasteiger partial charge in [-0.3, -0.25) is 9.36 Å². The first-order valence-electron chi connectivity index (χ1n) is 6.34. The van der Waals surface area contributed by atoms with Crippen molar-refractivity contribution in [1.82, 2.24) is 9.55 Å². The van der Waals surface area contributed by atoms with Gasteiger partial charge in [-0.15, -0.1) is 0 Å². The van der Waals surface area contributed by atoms with Crippen molar-refractivity contribution in [3.8, 4) is 0 Å². The van der Waals surface area contributed by atoms with Crippen LogP contribution in [0.25, 0.3) is 0 Å². The molecule has 0 spiro atoms. The molecular weight excluding hydrogens is 248 g/mol. The van der Waals surface area contributed by atoms with Gasteiger partial charge in [-0.1, -0.05) is 0 Å². The van der Waals surface area contributed by atoms with Crippen molar-refractivity contribution in [2.75, 3.05) is 6.61 Å². The number of ether oxygens (including phenoxy) is 1. The summed E-state index contributed by atoms with van der Waals surface area (Å²) in [6, 6.07) is -0.0689. The topological polar surface area (TPSA) is 78.3 Å². The third-order valence-electron chi connectivity index (χ3n) is 3.35. The highest BCUT2D eigenvalue weighted by atomic mass is 16.5. The average molecular weight is 264 g/mol. The normalized spacial score (nSPS) is 21.6. The average Bonchev–Trinajstić information content (AvgIpc) is 2.39. The minimum atomic E-state index is -0.671. The van der Waals surface area contributed by atoms with E-state index in [1.165, 1.54) is 10.8 Å². The minimum Gasteiger partial charge on any atom is -0.462 e. The first kappa shape index (κ1) is 13.5. The van der Waals surface area contributed by atoms with Gasteiger partial charge in [-0.2, -0.15) is 0 Å². The summed E-state index contributed by atoms with van der Waals surface area (Å²) in [5.41, 5.74) is -0.508. The molecule has 0 aliphatic carbocycles. The van der Waals surface area contributed by atoms with E-state index in [0.29, 0.717) is 18.7 Å². The molecule has 1 aliphatic rings. The van der Waals surface area contributed by atoms with Gasteiger partial charge in [-0.25, -0.2) is 9.78 Å². The Labute approximate surface area is 110 Å². The summed E-state index contributed by atoms with van der Waals surface area (Å²) in [5, 5.41) is 0. The van der Waals surface area contributed by atoms with Crippen LogP contribution in [0, 0.1) is 0 Å². The molecule has 0 radical (unpaired) electrons. The number of hydrogen-bond donors (Lipinski definition) is 0. The molecule has 6 nitrogen and oxygen atoms in total. The van der Waals surface area contributed by atoms with Crippen LogP contribution >= 0.6 is 0 Å². The Balaban J connectivity index is 2.54. The van der Waals surface area contributed by atoms with Crippen molar-refractivity contribution in [2.24, 2.45) is 0 Å². The predicted molar refractivity (Wildman–Crippen MR) is 67.2 cm³/mol. The number of hydrogen-bond acceptors (Lipinski definition) is 5. The number of carbonyl (C=O) groups is 2. The number of carbonyl (C=O) groups excluding carboxylic acids is 2. The Morgan fingerprint density at radius 3 is 2.95 bits per heavy atom. The molecule has 6 heteroatoms. The van der Waals surface area contributed by atoms with Gasteiger partial charge in [0.15, 0.2) is 0 Å². The summed E-state index contributed by atoms with van der Waals surface area (Å²) in [5.74, 6) is -0.609. The van der Waals surface area contributed by atoms with E-state index in [1.54, 1.807) is 6.92 Å². The van der Waals surface area contributed by atoms with E-state index in [9.17, 15) is 14.4 Å². The molecular formula is C13H16N2O4. The van der Waals surface area contributed by atoms with Crippen LogP contribution in [0.2, 0.25) is 0 Å². The highest BCUT2D eigenvalue weighted by molar-refractivity contribution is 5.88. The molecule has 2 atom stereocenters. The quantitative estimate of drug-likeness (QED) is 0.602. The monoisotopic (exact) mass is 264 g/mol. The smallest absolute Gasteiger partial charge is 0.345 e. The summed E-state index contributed by atoms with van der Waals surface area (Å²) in [7, 11) is 0. The lowest BCUT2D eigenvalue weighted by Crippen LogP contribution is -2.36. The highest BCUT2D eigenvalue weighted by Gasteiger charge is 2.28. The van der Waals surface area contributed by atoms with E-state index in [2.05, 4.69) is 4.98 Å². The summed E-state index contributed by atoms with van der Waals surface area (Å²) < 4.78 is 6.27. The van der Waals surface area contributed by atoms with Gasteiger partial charge in [0.05, 0.1) is 12.5 Å². The first-order chi connectivity index (χ1) is 9.10. The first-order valence-corrected chi connectivity index (χ1v) is 6.34. The van der Waals surface area contributed by atoms with Crippen molar-refractivity contribution in [1.29, 1.82) is 0 Å². The molecule has 2 rings (SSSR count). The zero-order valence-electron chi connectivity index (χ0n) is 11.0. The van der Waals surface area contributed by atoms with Gasteiger partial charge < -0.3 is 9.53 Å². The Bertz CT molecular complexity index is 564. The summed E-state index contributed by atoms with van der Waals surface area (Å²) in [6.07, 6.45) is 3.40. The molecule has 2 unspecified atom stereocenters. The van der Waals surface area contributed by atoms with E-state index in [0.717, 1.165) is 6.29 Å². The van der Waals surface area contributed by atoms with Gasteiger partial charge in [0.2, 0.25) is 0 Å². The maximum Gasteiger partial charge on any atom is 0.345 e. The number of nitrogens with zero attached hydrogens (tertiary/aromatic N) is 2. The molecule has 0 fully saturated rings. The lowest BCUT2D eigenvalue weighted by atomic mass is 9.95. The molecule has 1 aliphatic heterocycles. The van der Waals surface area contributed by atoms with Crippen LogP contribution in [-0.2, 0) is 9.53 Å². The van der Waals surface area contributed by atoms with Gasteiger partial charge >= 0.3 is 5.97 Å². The summed E-state index contributed by atoms with van der Waals surface area (Å²) in [6.45, 7) is 3.75. The molecule has 19 heavy (non-hydrogen) atoms. The molecule has 0 amide bonds. The maximum absolute atomic E-state index is 12.3. The van der Waals surface area contributed by atoms with E-state index >= 15 is 0 Å². The van der Waals surface area contributed by atoms with Crippen molar-refractivity contribution < 1.29 is 14.3 Å². The lowest BCUT2D eigenvalue weighted by molar-refractivity contribution is -0.109. The lowest BCUT2D eigenvalue weighted by Gasteiger charge is -2.27.